The fourth-order valence-electron chi connectivity index (χ4n) is 2.55. The maximum Gasteiger partial charge on any atom is -0.00425 e. The summed E-state index contributed by atoms with van der Waals surface area (Å²) in [5.74, 6) is 0.928. The minimum absolute atomic E-state index is 0.541. The summed E-state index contributed by atoms with van der Waals surface area (Å²) in [7, 11) is 0. The highest BCUT2D eigenvalue weighted by molar-refractivity contribution is 5.06. The highest BCUT2D eigenvalue weighted by Gasteiger charge is 2.29. The molecule has 1 nitrogen and oxygen atoms in total. The lowest BCUT2D eigenvalue weighted by molar-refractivity contribution is 0.167. The van der Waals surface area contributed by atoms with Crippen LogP contribution in [0.2, 0.25) is 0 Å². The molecule has 0 amide bonds. The molecule has 1 aliphatic carbocycles. The van der Waals surface area contributed by atoms with Gasteiger partial charge >= 0.3 is 0 Å². The van der Waals surface area contributed by atoms with Crippen LogP contribution in [0.5, 0.6) is 0 Å². The quantitative estimate of drug-likeness (QED) is 0.698. The first-order chi connectivity index (χ1) is 7.10. The molecule has 0 aliphatic heterocycles. The molecule has 0 unspecified atom stereocenters. The molecule has 0 heterocycles. The average molecular weight is 209 g/mol. The number of nitrogens with two attached hydrogens (primary N) is 1. The monoisotopic (exact) mass is 209 g/mol. The van der Waals surface area contributed by atoms with Crippen molar-refractivity contribution in [1.82, 2.24) is 0 Å². The van der Waals surface area contributed by atoms with Crippen LogP contribution in [-0.2, 0) is 0 Å². The molecule has 15 heavy (non-hydrogen) atoms. The average Bonchev–Trinajstić information content (AvgIpc) is 2.27. The van der Waals surface area contributed by atoms with Crippen molar-refractivity contribution in [2.45, 2.75) is 59.3 Å². The Bertz CT molecular complexity index is 205. The lowest BCUT2D eigenvalue weighted by atomic mass is 9.69. The highest BCUT2D eigenvalue weighted by atomic mass is 14.5. The summed E-state index contributed by atoms with van der Waals surface area (Å²) in [5, 5.41) is 0. The van der Waals surface area contributed by atoms with Crippen molar-refractivity contribution in [3.63, 3.8) is 0 Å². The minimum Gasteiger partial charge on any atom is -0.330 e. The minimum atomic E-state index is 0.541. The molecular weight excluding hydrogens is 182 g/mol. The predicted octanol–water partition coefficient (Wildman–Crippen LogP) is 3.89. The summed E-state index contributed by atoms with van der Waals surface area (Å²) < 4.78 is 0. The Labute approximate surface area is 95.1 Å². The normalized spacial score (nSPS) is 22.9. The van der Waals surface area contributed by atoms with E-state index in [4.69, 9.17) is 5.73 Å². The van der Waals surface area contributed by atoms with Gasteiger partial charge in [-0.15, -0.1) is 0 Å². The van der Waals surface area contributed by atoms with Gasteiger partial charge in [0.15, 0.2) is 0 Å². The summed E-state index contributed by atoms with van der Waals surface area (Å²) in [4.78, 5) is 0. The van der Waals surface area contributed by atoms with Crippen LogP contribution in [-0.4, -0.2) is 6.54 Å². The molecule has 1 heteroatoms. The first-order valence-corrected chi connectivity index (χ1v) is 6.48. The fourth-order valence-corrected chi connectivity index (χ4v) is 2.55. The van der Waals surface area contributed by atoms with E-state index in [2.05, 4.69) is 26.8 Å². The van der Waals surface area contributed by atoms with Crippen LogP contribution < -0.4 is 5.73 Å². The van der Waals surface area contributed by atoms with Crippen molar-refractivity contribution in [3.8, 4) is 0 Å². The van der Waals surface area contributed by atoms with Gasteiger partial charge in [0.05, 0.1) is 0 Å². The van der Waals surface area contributed by atoms with Gasteiger partial charge in [-0.05, 0) is 50.0 Å². The van der Waals surface area contributed by atoms with Gasteiger partial charge in [0.25, 0.3) is 0 Å². The van der Waals surface area contributed by atoms with Crippen LogP contribution in [0.15, 0.2) is 11.6 Å². The number of allylic oxidation sites excluding steroid dienone is 1. The van der Waals surface area contributed by atoms with Gasteiger partial charge in [-0.2, -0.15) is 0 Å². The van der Waals surface area contributed by atoms with E-state index in [0.29, 0.717) is 5.41 Å². The molecule has 0 radical (unpaired) electrons. The first-order valence-electron chi connectivity index (χ1n) is 6.48. The molecule has 1 aliphatic rings. The zero-order valence-corrected chi connectivity index (χ0v) is 10.7. The molecule has 88 valence electrons. The van der Waals surface area contributed by atoms with Crippen molar-refractivity contribution in [2.75, 3.05) is 6.54 Å². The van der Waals surface area contributed by atoms with Crippen LogP contribution in [0.3, 0.4) is 0 Å². The van der Waals surface area contributed by atoms with E-state index in [1.807, 2.05) is 0 Å². The predicted molar refractivity (Wildman–Crippen MR) is 67.8 cm³/mol. The topological polar surface area (TPSA) is 26.0 Å². The van der Waals surface area contributed by atoms with E-state index in [0.717, 1.165) is 18.9 Å². The summed E-state index contributed by atoms with van der Waals surface area (Å²) in [6.07, 6.45) is 10.1. The third-order valence-corrected chi connectivity index (χ3v) is 4.24. The zero-order valence-electron chi connectivity index (χ0n) is 10.7. The van der Waals surface area contributed by atoms with Gasteiger partial charge in [-0.1, -0.05) is 38.8 Å². The second-order valence-corrected chi connectivity index (χ2v) is 5.56. The summed E-state index contributed by atoms with van der Waals surface area (Å²) in [6.45, 7) is 7.96. The Morgan fingerprint density at radius 1 is 1.33 bits per heavy atom. The van der Waals surface area contributed by atoms with Gasteiger partial charge in [0.1, 0.15) is 0 Å². The summed E-state index contributed by atoms with van der Waals surface area (Å²) in [6, 6.07) is 0. The second kappa shape index (κ2) is 5.69. The van der Waals surface area contributed by atoms with Gasteiger partial charge in [-0.3, -0.25) is 0 Å². The third kappa shape index (κ3) is 3.64. The standard InChI is InChI=1S/C14H27N/c1-4-14(2,3)13-9-7-12(8-10-13)6-5-11-15/h6,13H,4-5,7-11,15H2,1-3H3. The molecule has 1 fully saturated rings. The summed E-state index contributed by atoms with van der Waals surface area (Å²) >= 11 is 0. The Hall–Kier alpha value is -0.300. The fraction of sp³-hybridized carbons (Fsp3) is 0.857. The van der Waals surface area contributed by atoms with E-state index in [9.17, 15) is 0 Å². The van der Waals surface area contributed by atoms with Gasteiger partial charge < -0.3 is 5.73 Å². The smallest absolute Gasteiger partial charge is 0.00425 e. The van der Waals surface area contributed by atoms with Crippen LogP contribution in [0.1, 0.15) is 59.3 Å². The molecule has 0 aromatic rings. The second-order valence-electron chi connectivity index (χ2n) is 5.56. The van der Waals surface area contributed by atoms with Crippen molar-refractivity contribution < 1.29 is 0 Å². The van der Waals surface area contributed by atoms with Crippen LogP contribution in [0.4, 0.5) is 0 Å². The third-order valence-electron chi connectivity index (χ3n) is 4.24. The SMILES string of the molecule is CCC(C)(C)C1CCC(=CCCN)CC1. The maximum absolute atomic E-state index is 5.52. The Kier molecular flexibility index (Phi) is 4.85. The Morgan fingerprint density at radius 3 is 2.40 bits per heavy atom. The number of hydrogen-bond donors (Lipinski definition) is 1. The molecule has 0 atom stereocenters. The van der Waals surface area contributed by atoms with Crippen molar-refractivity contribution in [2.24, 2.45) is 17.1 Å². The van der Waals surface area contributed by atoms with E-state index in [1.165, 1.54) is 32.1 Å². The van der Waals surface area contributed by atoms with Gasteiger partial charge in [0.2, 0.25) is 0 Å². The number of rotatable bonds is 4. The highest BCUT2D eigenvalue weighted by Crippen LogP contribution is 2.41. The van der Waals surface area contributed by atoms with E-state index in [-0.39, 0.29) is 0 Å². The molecule has 0 aromatic carbocycles. The Balaban J connectivity index is 2.42. The largest absolute Gasteiger partial charge is 0.330 e. The zero-order chi connectivity index (χ0) is 11.3. The van der Waals surface area contributed by atoms with Crippen LogP contribution >= 0.6 is 0 Å². The van der Waals surface area contributed by atoms with Crippen molar-refractivity contribution in [3.05, 3.63) is 11.6 Å². The van der Waals surface area contributed by atoms with Crippen molar-refractivity contribution >= 4 is 0 Å². The molecule has 0 aromatic heterocycles. The van der Waals surface area contributed by atoms with Gasteiger partial charge in [0, 0.05) is 0 Å². The molecule has 2 N–H and O–H groups in total. The molecule has 1 rings (SSSR count). The summed E-state index contributed by atoms with van der Waals surface area (Å²) in [5.41, 5.74) is 7.72. The molecule has 0 saturated heterocycles. The molecule has 1 saturated carbocycles. The van der Waals surface area contributed by atoms with E-state index in [1.54, 1.807) is 5.57 Å². The molecular formula is C14H27N. The van der Waals surface area contributed by atoms with Gasteiger partial charge in [-0.25, -0.2) is 0 Å². The Morgan fingerprint density at radius 2 is 1.93 bits per heavy atom. The van der Waals surface area contributed by atoms with Crippen LogP contribution in [0, 0.1) is 11.3 Å². The van der Waals surface area contributed by atoms with E-state index >= 15 is 0 Å². The molecule has 0 spiro atoms. The number of hydrogen-bond acceptors (Lipinski definition) is 1. The lowest BCUT2D eigenvalue weighted by Gasteiger charge is -2.37. The maximum atomic E-state index is 5.52. The molecule has 0 bridgehead atoms. The van der Waals surface area contributed by atoms with Crippen molar-refractivity contribution in [1.29, 1.82) is 0 Å². The first kappa shape index (κ1) is 12.8. The van der Waals surface area contributed by atoms with Crippen LogP contribution in [0.25, 0.3) is 0 Å². The lowest BCUT2D eigenvalue weighted by Crippen LogP contribution is -2.25. The van der Waals surface area contributed by atoms with E-state index < -0.39 is 0 Å².